The number of carbonyl (C=O) groups is 1. The van der Waals surface area contributed by atoms with Crippen LogP contribution >= 0.6 is 0 Å². The van der Waals surface area contributed by atoms with Gasteiger partial charge in [-0.15, -0.1) is 0 Å². The van der Waals surface area contributed by atoms with Gasteiger partial charge >= 0.3 is 5.97 Å². The van der Waals surface area contributed by atoms with E-state index in [2.05, 4.69) is 54.6 Å². The second-order valence-electron chi connectivity index (χ2n) is 11.5. The molecule has 3 nitrogen and oxygen atoms in total. The van der Waals surface area contributed by atoms with Gasteiger partial charge in [-0.3, -0.25) is 4.79 Å². The first-order valence-electron chi connectivity index (χ1n) is 13.2. The molecule has 5 rings (SSSR count). The molecule has 0 amide bonds. The lowest BCUT2D eigenvalue weighted by Crippen LogP contribution is -2.26. The molecule has 3 aromatic carbocycles. The van der Waals surface area contributed by atoms with Crippen LogP contribution in [0.1, 0.15) is 68.2 Å². The molecule has 0 spiro atoms. The Hall–Kier alpha value is -3.33. The van der Waals surface area contributed by atoms with Gasteiger partial charge in [-0.1, -0.05) is 73.2 Å². The average molecular weight is 481 g/mol. The van der Waals surface area contributed by atoms with Crippen molar-refractivity contribution in [1.82, 2.24) is 0 Å². The molecule has 36 heavy (non-hydrogen) atoms. The van der Waals surface area contributed by atoms with Crippen LogP contribution in [-0.4, -0.2) is 16.2 Å². The third kappa shape index (κ3) is 5.11. The molecule has 3 aromatic rings. The van der Waals surface area contributed by atoms with Crippen LogP contribution < -0.4 is 0 Å². The standard InChI is InChI=1S/C33H36O3/c1-33(2,32(35)36)21-22-8-11-25(12-9-22)31(26-14-16-29(34)17-15-26)30(24-6-4-3-5-7-24)20-28-19-23-10-13-27(28)18-23/h3-9,11-12,14-17,23,27-28,34H,10,13,18-21H2,1-2H3,(H,35,36). The van der Waals surface area contributed by atoms with Crippen LogP contribution in [0.2, 0.25) is 0 Å². The van der Waals surface area contributed by atoms with Crippen molar-refractivity contribution in [3.8, 4) is 5.75 Å². The second-order valence-corrected chi connectivity index (χ2v) is 11.5. The third-order valence-corrected chi connectivity index (χ3v) is 8.40. The van der Waals surface area contributed by atoms with Gasteiger partial charge in [0, 0.05) is 0 Å². The van der Waals surface area contributed by atoms with Crippen LogP contribution in [0.15, 0.2) is 78.9 Å². The highest BCUT2D eigenvalue weighted by Gasteiger charge is 2.40. The van der Waals surface area contributed by atoms with Gasteiger partial charge in [-0.05, 0) is 109 Å². The van der Waals surface area contributed by atoms with Gasteiger partial charge in [0.25, 0.3) is 0 Å². The van der Waals surface area contributed by atoms with E-state index in [1.165, 1.54) is 42.4 Å². The van der Waals surface area contributed by atoms with Gasteiger partial charge in [-0.2, -0.15) is 0 Å². The molecule has 2 saturated carbocycles. The first-order valence-corrected chi connectivity index (χ1v) is 13.2. The fourth-order valence-corrected chi connectivity index (χ4v) is 6.41. The number of allylic oxidation sites excluding steroid dienone is 1. The molecule has 2 aliphatic carbocycles. The summed E-state index contributed by atoms with van der Waals surface area (Å²) >= 11 is 0. The highest BCUT2D eigenvalue weighted by atomic mass is 16.4. The zero-order valence-corrected chi connectivity index (χ0v) is 21.3. The van der Waals surface area contributed by atoms with Crippen molar-refractivity contribution in [2.75, 3.05) is 0 Å². The Kier molecular flexibility index (Phi) is 6.75. The molecular formula is C33H36O3. The third-order valence-electron chi connectivity index (χ3n) is 8.40. The molecule has 0 aliphatic heterocycles. The summed E-state index contributed by atoms with van der Waals surface area (Å²) in [5.41, 5.74) is 6.23. The van der Waals surface area contributed by atoms with Crippen LogP contribution in [0.3, 0.4) is 0 Å². The number of phenolic OH excluding ortho intramolecular Hbond substituents is 1. The van der Waals surface area contributed by atoms with E-state index in [-0.39, 0.29) is 5.75 Å². The Bertz CT molecular complexity index is 1240. The molecule has 2 bridgehead atoms. The number of carboxylic acids is 1. The van der Waals surface area contributed by atoms with Crippen molar-refractivity contribution >= 4 is 17.1 Å². The predicted octanol–water partition coefficient (Wildman–Crippen LogP) is 7.83. The number of fused-ring (bicyclic) bond motifs is 2. The molecular weight excluding hydrogens is 444 g/mol. The Morgan fingerprint density at radius 3 is 2.03 bits per heavy atom. The van der Waals surface area contributed by atoms with Crippen molar-refractivity contribution in [2.24, 2.45) is 23.2 Å². The van der Waals surface area contributed by atoms with Crippen LogP contribution in [0.4, 0.5) is 0 Å². The fourth-order valence-electron chi connectivity index (χ4n) is 6.41. The molecule has 2 fully saturated rings. The molecule has 2 aliphatic rings. The molecule has 0 radical (unpaired) electrons. The summed E-state index contributed by atoms with van der Waals surface area (Å²) < 4.78 is 0. The van der Waals surface area contributed by atoms with Crippen molar-refractivity contribution in [3.05, 3.63) is 101 Å². The number of benzene rings is 3. The van der Waals surface area contributed by atoms with E-state index >= 15 is 0 Å². The Labute approximate surface area is 214 Å². The molecule has 3 unspecified atom stereocenters. The van der Waals surface area contributed by atoms with E-state index in [1.807, 2.05) is 12.1 Å². The summed E-state index contributed by atoms with van der Waals surface area (Å²) in [4.78, 5) is 11.7. The minimum absolute atomic E-state index is 0.263. The van der Waals surface area contributed by atoms with E-state index in [1.54, 1.807) is 26.0 Å². The van der Waals surface area contributed by atoms with Gasteiger partial charge in [0.15, 0.2) is 0 Å². The number of aromatic hydroxyl groups is 1. The molecule has 0 aromatic heterocycles. The Morgan fingerprint density at radius 1 is 0.833 bits per heavy atom. The summed E-state index contributed by atoms with van der Waals surface area (Å²) in [5.74, 6) is 1.91. The minimum Gasteiger partial charge on any atom is -0.508 e. The molecule has 0 saturated heterocycles. The fraction of sp³-hybridized carbons (Fsp3) is 0.364. The van der Waals surface area contributed by atoms with Crippen LogP contribution in [-0.2, 0) is 11.2 Å². The second kappa shape index (κ2) is 9.97. The number of phenols is 1. The molecule has 3 heteroatoms. The summed E-state index contributed by atoms with van der Waals surface area (Å²) in [7, 11) is 0. The maximum absolute atomic E-state index is 11.7. The summed E-state index contributed by atoms with van der Waals surface area (Å²) in [6.45, 7) is 3.54. The van der Waals surface area contributed by atoms with Crippen molar-refractivity contribution in [3.63, 3.8) is 0 Å². The van der Waals surface area contributed by atoms with Gasteiger partial charge in [0.2, 0.25) is 0 Å². The average Bonchev–Trinajstić information content (AvgIpc) is 3.49. The van der Waals surface area contributed by atoms with E-state index in [4.69, 9.17) is 0 Å². The van der Waals surface area contributed by atoms with Gasteiger partial charge in [0.05, 0.1) is 5.41 Å². The Morgan fingerprint density at radius 2 is 1.47 bits per heavy atom. The number of carboxylic acid groups (broad SMARTS) is 1. The number of hydrogen-bond donors (Lipinski definition) is 2. The van der Waals surface area contributed by atoms with Gasteiger partial charge < -0.3 is 10.2 Å². The van der Waals surface area contributed by atoms with Gasteiger partial charge in [-0.25, -0.2) is 0 Å². The van der Waals surface area contributed by atoms with Crippen LogP contribution in [0.5, 0.6) is 5.75 Å². The number of rotatable bonds is 8. The normalized spacial score (nSPS) is 21.9. The van der Waals surface area contributed by atoms with E-state index in [0.29, 0.717) is 12.3 Å². The summed E-state index contributed by atoms with van der Waals surface area (Å²) in [6.07, 6.45) is 7.00. The molecule has 2 N–H and O–H groups in total. The van der Waals surface area contributed by atoms with Crippen LogP contribution in [0.25, 0.3) is 11.1 Å². The zero-order chi connectivity index (χ0) is 25.3. The van der Waals surface area contributed by atoms with Crippen molar-refractivity contribution in [1.29, 1.82) is 0 Å². The van der Waals surface area contributed by atoms with E-state index in [9.17, 15) is 15.0 Å². The first-order chi connectivity index (χ1) is 17.3. The number of hydrogen-bond acceptors (Lipinski definition) is 2. The Balaban J connectivity index is 1.61. The maximum Gasteiger partial charge on any atom is 0.309 e. The van der Waals surface area contributed by atoms with Crippen LogP contribution in [0, 0.1) is 23.2 Å². The monoisotopic (exact) mass is 480 g/mol. The van der Waals surface area contributed by atoms with Gasteiger partial charge in [0.1, 0.15) is 5.75 Å². The number of aliphatic carboxylic acids is 1. The minimum atomic E-state index is -0.811. The highest BCUT2D eigenvalue weighted by molar-refractivity contribution is 5.98. The van der Waals surface area contributed by atoms with Crippen molar-refractivity contribution < 1.29 is 15.0 Å². The highest BCUT2D eigenvalue weighted by Crippen LogP contribution is 2.52. The molecule has 3 atom stereocenters. The smallest absolute Gasteiger partial charge is 0.309 e. The summed E-state index contributed by atoms with van der Waals surface area (Å²) in [6, 6.07) is 26.7. The van der Waals surface area contributed by atoms with Crippen molar-refractivity contribution in [2.45, 2.75) is 52.4 Å². The zero-order valence-electron chi connectivity index (χ0n) is 21.3. The molecule has 0 heterocycles. The quantitative estimate of drug-likeness (QED) is 0.323. The van der Waals surface area contributed by atoms with E-state index < -0.39 is 11.4 Å². The first kappa shape index (κ1) is 24.4. The lowest BCUT2D eigenvalue weighted by Gasteiger charge is -2.26. The lowest BCUT2D eigenvalue weighted by atomic mass is 9.79. The summed E-state index contributed by atoms with van der Waals surface area (Å²) in [5, 5.41) is 19.6. The maximum atomic E-state index is 11.7. The largest absolute Gasteiger partial charge is 0.508 e. The topological polar surface area (TPSA) is 57.5 Å². The predicted molar refractivity (Wildman–Crippen MR) is 146 cm³/mol. The lowest BCUT2D eigenvalue weighted by molar-refractivity contribution is -0.146. The molecule has 186 valence electrons. The van der Waals surface area contributed by atoms with E-state index in [0.717, 1.165) is 34.9 Å². The SMILES string of the molecule is CC(C)(Cc1ccc(C(=C(CC2CC3CCC2C3)c2ccccc2)c2ccc(O)cc2)cc1)C(=O)O.